The van der Waals surface area contributed by atoms with Gasteiger partial charge < -0.3 is 9.47 Å². The van der Waals surface area contributed by atoms with E-state index in [1.165, 1.54) is 28.6 Å². The number of methoxy groups -OCH3 is 1. The molecule has 0 spiro atoms. The van der Waals surface area contributed by atoms with E-state index < -0.39 is 0 Å². The van der Waals surface area contributed by atoms with E-state index in [1.807, 2.05) is 36.4 Å². The summed E-state index contributed by atoms with van der Waals surface area (Å²) in [6.45, 7) is 0.490. The van der Waals surface area contributed by atoms with Crippen LogP contribution in [0, 0.1) is 0 Å². The lowest BCUT2D eigenvalue weighted by Crippen LogP contribution is -2.22. The summed E-state index contributed by atoms with van der Waals surface area (Å²) < 4.78 is 12.9. The summed E-state index contributed by atoms with van der Waals surface area (Å²) in [6, 6.07) is 14.8. The molecule has 0 bridgehead atoms. The van der Waals surface area contributed by atoms with Gasteiger partial charge in [-0.25, -0.2) is 4.98 Å². The van der Waals surface area contributed by atoms with Gasteiger partial charge in [0, 0.05) is 15.7 Å². The van der Waals surface area contributed by atoms with Crippen LogP contribution in [0.5, 0.6) is 11.5 Å². The normalized spacial score (nSPS) is 13.2. The molecule has 1 aliphatic rings. The number of benzene rings is 2. The second-order valence-corrected chi connectivity index (χ2v) is 10.4. The summed E-state index contributed by atoms with van der Waals surface area (Å²) in [4.78, 5) is 20.9. The highest BCUT2D eigenvalue weighted by Crippen LogP contribution is 2.35. The Balaban J connectivity index is 1.48. The van der Waals surface area contributed by atoms with Crippen LogP contribution in [-0.4, -0.2) is 29.0 Å². The first-order chi connectivity index (χ1) is 16.1. The Morgan fingerprint density at radius 3 is 2.55 bits per heavy atom. The number of hydrogen-bond donors (Lipinski definition) is 0. The fourth-order valence-electron chi connectivity index (χ4n) is 4.07. The molecule has 0 amide bonds. The van der Waals surface area contributed by atoms with Crippen molar-refractivity contribution < 1.29 is 9.47 Å². The largest absolute Gasteiger partial charge is 0.497 e. The molecule has 0 atom stereocenters. The maximum absolute atomic E-state index is 13.8. The molecule has 8 heteroatoms. The molecule has 170 valence electrons. The van der Waals surface area contributed by atoms with Gasteiger partial charge in [0.15, 0.2) is 5.16 Å². The fraction of sp³-hybridized carbons (Fsp3) is 0.280. The zero-order valence-corrected chi connectivity index (χ0v) is 20.6. The van der Waals surface area contributed by atoms with Gasteiger partial charge in [-0.15, -0.1) is 11.3 Å². The lowest BCUT2D eigenvalue weighted by molar-refractivity contribution is 0.344. The van der Waals surface area contributed by atoms with Gasteiger partial charge in [0.05, 0.1) is 24.8 Å². The molecular weight excluding hydrogens is 476 g/mol. The van der Waals surface area contributed by atoms with Gasteiger partial charge in [0.2, 0.25) is 0 Å². The number of aromatic nitrogens is 2. The number of thiophene rings is 1. The summed E-state index contributed by atoms with van der Waals surface area (Å²) >= 11 is 9.14. The summed E-state index contributed by atoms with van der Waals surface area (Å²) in [5, 5.41) is 2.14. The van der Waals surface area contributed by atoms with E-state index in [1.54, 1.807) is 35.1 Å². The van der Waals surface area contributed by atoms with Crippen molar-refractivity contribution >= 4 is 44.9 Å². The zero-order chi connectivity index (χ0) is 22.8. The third-order valence-corrected chi connectivity index (χ3v) is 8.03. The Labute approximate surface area is 205 Å². The Morgan fingerprint density at radius 2 is 1.79 bits per heavy atom. The van der Waals surface area contributed by atoms with Crippen molar-refractivity contribution in [3.63, 3.8) is 0 Å². The molecule has 2 aromatic heterocycles. The van der Waals surface area contributed by atoms with Gasteiger partial charge >= 0.3 is 0 Å². The van der Waals surface area contributed by atoms with E-state index in [0.29, 0.717) is 22.5 Å². The first-order valence-electron chi connectivity index (χ1n) is 10.9. The molecule has 4 aromatic rings. The minimum Gasteiger partial charge on any atom is -0.497 e. The van der Waals surface area contributed by atoms with E-state index in [2.05, 4.69) is 0 Å². The number of thioether (sulfide) groups is 1. The fourth-order valence-corrected chi connectivity index (χ4v) is 6.32. The van der Waals surface area contributed by atoms with Crippen LogP contribution in [0.3, 0.4) is 0 Å². The molecule has 0 radical (unpaired) electrons. The van der Waals surface area contributed by atoms with Crippen molar-refractivity contribution in [2.45, 2.75) is 30.8 Å². The highest BCUT2D eigenvalue weighted by molar-refractivity contribution is 7.99. The predicted octanol–water partition coefficient (Wildman–Crippen LogP) is 6.16. The van der Waals surface area contributed by atoms with E-state index in [9.17, 15) is 4.79 Å². The van der Waals surface area contributed by atoms with Crippen molar-refractivity contribution in [3.05, 3.63) is 74.3 Å². The number of halogens is 1. The van der Waals surface area contributed by atoms with Crippen molar-refractivity contribution in [2.75, 3.05) is 19.5 Å². The number of rotatable bonds is 7. The predicted molar refractivity (Wildman–Crippen MR) is 136 cm³/mol. The van der Waals surface area contributed by atoms with Crippen LogP contribution < -0.4 is 15.0 Å². The molecule has 0 saturated carbocycles. The maximum atomic E-state index is 13.8. The first kappa shape index (κ1) is 22.3. The molecule has 5 rings (SSSR count). The molecular formula is C25H23ClN2O3S2. The number of fused-ring (bicyclic) bond motifs is 3. The Hall–Kier alpha value is -2.48. The second kappa shape index (κ2) is 9.79. The van der Waals surface area contributed by atoms with Gasteiger partial charge in [-0.2, -0.15) is 0 Å². The van der Waals surface area contributed by atoms with Gasteiger partial charge in [0.1, 0.15) is 16.3 Å². The Bertz CT molecular complexity index is 1330. The minimum atomic E-state index is 0.00527. The van der Waals surface area contributed by atoms with Crippen LogP contribution in [0.1, 0.15) is 23.3 Å². The summed E-state index contributed by atoms with van der Waals surface area (Å²) in [6.07, 6.45) is 4.29. The van der Waals surface area contributed by atoms with Crippen molar-refractivity contribution in [3.8, 4) is 17.2 Å². The van der Waals surface area contributed by atoms with Crippen molar-refractivity contribution in [1.29, 1.82) is 0 Å². The van der Waals surface area contributed by atoms with Crippen LogP contribution in [0.25, 0.3) is 15.9 Å². The zero-order valence-electron chi connectivity index (χ0n) is 18.2. The van der Waals surface area contributed by atoms with Gasteiger partial charge in [-0.1, -0.05) is 23.4 Å². The standard InChI is InChI=1S/C25H23ClN2O3S2/c1-30-18-12-8-17(9-13-18)28-24(29)22-20-4-2-3-5-21(20)33-23(22)27-25(28)32-15-14-31-19-10-6-16(26)7-11-19/h6-13H,2-5,14-15H2,1H3. The van der Waals surface area contributed by atoms with E-state index in [4.69, 9.17) is 26.1 Å². The van der Waals surface area contributed by atoms with Crippen LogP contribution in [0.15, 0.2) is 58.5 Å². The van der Waals surface area contributed by atoms with Crippen LogP contribution in [0.4, 0.5) is 0 Å². The molecule has 2 heterocycles. The first-order valence-corrected chi connectivity index (χ1v) is 13.0. The van der Waals surface area contributed by atoms with Gasteiger partial charge in [-0.05, 0) is 79.8 Å². The number of nitrogens with zero attached hydrogens (tertiary/aromatic N) is 2. The van der Waals surface area contributed by atoms with E-state index >= 15 is 0 Å². The third-order valence-electron chi connectivity index (χ3n) is 5.69. The molecule has 0 unspecified atom stereocenters. The van der Waals surface area contributed by atoms with Crippen molar-refractivity contribution in [1.82, 2.24) is 9.55 Å². The van der Waals surface area contributed by atoms with Crippen LogP contribution in [-0.2, 0) is 12.8 Å². The maximum Gasteiger partial charge on any atom is 0.267 e. The minimum absolute atomic E-state index is 0.00527. The summed E-state index contributed by atoms with van der Waals surface area (Å²) in [5.41, 5.74) is 1.99. The average molecular weight is 499 g/mol. The van der Waals surface area contributed by atoms with Crippen LogP contribution >= 0.6 is 34.7 Å². The SMILES string of the molecule is COc1ccc(-n2c(SCCOc3ccc(Cl)cc3)nc3sc4c(c3c2=O)CCCC4)cc1. The van der Waals surface area contributed by atoms with Gasteiger partial charge in [0.25, 0.3) is 5.56 Å². The number of ether oxygens (including phenoxy) is 2. The lowest BCUT2D eigenvalue weighted by atomic mass is 9.97. The highest BCUT2D eigenvalue weighted by Gasteiger charge is 2.23. The smallest absolute Gasteiger partial charge is 0.267 e. The van der Waals surface area contributed by atoms with E-state index in [-0.39, 0.29) is 5.56 Å². The van der Waals surface area contributed by atoms with Crippen LogP contribution in [0.2, 0.25) is 5.02 Å². The molecule has 2 aromatic carbocycles. The molecule has 0 fully saturated rings. The monoisotopic (exact) mass is 498 g/mol. The Morgan fingerprint density at radius 1 is 1.06 bits per heavy atom. The molecule has 33 heavy (non-hydrogen) atoms. The third kappa shape index (κ3) is 4.63. The van der Waals surface area contributed by atoms with Crippen molar-refractivity contribution in [2.24, 2.45) is 0 Å². The second-order valence-electron chi connectivity index (χ2n) is 7.77. The van der Waals surface area contributed by atoms with E-state index in [0.717, 1.165) is 46.7 Å². The molecule has 5 nitrogen and oxygen atoms in total. The molecule has 0 N–H and O–H groups in total. The van der Waals surface area contributed by atoms with Gasteiger partial charge in [-0.3, -0.25) is 9.36 Å². The summed E-state index contributed by atoms with van der Waals surface area (Å²) in [7, 11) is 1.63. The topological polar surface area (TPSA) is 53.4 Å². The summed E-state index contributed by atoms with van der Waals surface area (Å²) in [5.74, 6) is 2.17. The number of hydrogen-bond acceptors (Lipinski definition) is 6. The average Bonchev–Trinajstić information content (AvgIpc) is 3.22. The molecule has 0 saturated heterocycles. The Kier molecular flexibility index (Phi) is 6.62. The lowest BCUT2D eigenvalue weighted by Gasteiger charge is -2.14. The number of aryl methyl sites for hydroxylation is 2. The molecule has 1 aliphatic carbocycles. The highest BCUT2D eigenvalue weighted by atomic mass is 35.5. The quantitative estimate of drug-likeness (QED) is 0.173. The molecule has 0 aliphatic heterocycles.